The third-order valence-electron chi connectivity index (χ3n) is 3.37. The Morgan fingerprint density at radius 3 is 2.26 bits per heavy atom. The summed E-state index contributed by atoms with van der Waals surface area (Å²) in [5.74, 6) is 0.930. The van der Waals surface area contributed by atoms with Gasteiger partial charge in [0, 0.05) is 6.54 Å². The average molecular weight is 264 g/mol. The Labute approximate surface area is 115 Å². The first-order valence-electron chi connectivity index (χ1n) is 6.64. The maximum atomic E-state index is 12.1. The fraction of sp³-hybridized carbons (Fsp3) is 0.533. The summed E-state index contributed by atoms with van der Waals surface area (Å²) >= 11 is 0. The predicted octanol–water partition coefficient (Wildman–Crippen LogP) is 2.10. The van der Waals surface area contributed by atoms with E-state index in [9.17, 15) is 4.79 Å². The molecule has 3 N–H and O–H groups in total. The molecule has 4 heteroatoms. The zero-order valence-corrected chi connectivity index (χ0v) is 12.1. The molecule has 0 aliphatic rings. The van der Waals surface area contributed by atoms with Crippen molar-refractivity contribution in [1.29, 1.82) is 0 Å². The minimum atomic E-state index is -0.138. The Morgan fingerprint density at radius 1 is 1.26 bits per heavy atom. The van der Waals surface area contributed by atoms with E-state index < -0.39 is 0 Å². The zero-order valence-electron chi connectivity index (χ0n) is 12.1. The van der Waals surface area contributed by atoms with Crippen molar-refractivity contribution in [3.8, 4) is 5.75 Å². The van der Waals surface area contributed by atoms with E-state index in [-0.39, 0.29) is 23.8 Å². The number of benzene rings is 1. The number of hydrogen-bond acceptors (Lipinski definition) is 3. The van der Waals surface area contributed by atoms with Gasteiger partial charge in [-0.15, -0.1) is 0 Å². The highest BCUT2D eigenvalue weighted by Crippen LogP contribution is 2.18. The van der Waals surface area contributed by atoms with E-state index in [0.29, 0.717) is 6.54 Å². The first kappa shape index (κ1) is 15.5. The molecule has 1 rings (SSSR count). The summed E-state index contributed by atoms with van der Waals surface area (Å²) in [5, 5.41) is 3.01. The number of ether oxygens (including phenoxy) is 1. The molecule has 0 radical (unpaired) electrons. The topological polar surface area (TPSA) is 64.3 Å². The van der Waals surface area contributed by atoms with Gasteiger partial charge in [0.15, 0.2) is 0 Å². The summed E-state index contributed by atoms with van der Waals surface area (Å²) in [5.41, 5.74) is 6.70. The normalized spacial score (nSPS) is 14.0. The second kappa shape index (κ2) is 7.14. The molecule has 106 valence electrons. The number of nitrogens with one attached hydrogen (secondary N) is 1. The van der Waals surface area contributed by atoms with Crippen molar-refractivity contribution in [3.05, 3.63) is 29.8 Å². The molecule has 1 aromatic rings. The van der Waals surface area contributed by atoms with Crippen LogP contribution in [0, 0.1) is 11.8 Å². The standard InChI is InChI=1S/C15H24N2O2/c1-10(2)14(9-16)15(18)17-11(3)12-5-7-13(19-4)8-6-12/h5-8,10-11,14H,9,16H2,1-4H3,(H,17,18). The first-order valence-corrected chi connectivity index (χ1v) is 6.64. The molecular weight excluding hydrogens is 240 g/mol. The SMILES string of the molecule is COc1ccc(C(C)NC(=O)C(CN)C(C)C)cc1. The smallest absolute Gasteiger partial charge is 0.225 e. The minimum Gasteiger partial charge on any atom is -0.497 e. The number of nitrogens with two attached hydrogens (primary N) is 1. The van der Waals surface area contributed by atoms with Crippen LogP contribution in [-0.2, 0) is 4.79 Å². The molecule has 0 fully saturated rings. The van der Waals surface area contributed by atoms with Crippen LogP contribution in [0.1, 0.15) is 32.4 Å². The van der Waals surface area contributed by atoms with Gasteiger partial charge in [0.05, 0.1) is 19.1 Å². The largest absolute Gasteiger partial charge is 0.497 e. The van der Waals surface area contributed by atoms with Crippen molar-refractivity contribution in [2.45, 2.75) is 26.8 Å². The van der Waals surface area contributed by atoms with E-state index in [1.807, 2.05) is 45.0 Å². The van der Waals surface area contributed by atoms with E-state index in [1.165, 1.54) is 0 Å². The van der Waals surface area contributed by atoms with Gasteiger partial charge in [0.1, 0.15) is 5.75 Å². The molecule has 4 nitrogen and oxygen atoms in total. The number of rotatable bonds is 6. The molecule has 0 aliphatic carbocycles. The Morgan fingerprint density at radius 2 is 1.84 bits per heavy atom. The quantitative estimate of drug-likeness (QED) is 0.827. The monoisotopic (exact) mass is 264 g/mol. The van der Waals surface area contributed by atoms with Crippen LogP contribution in [-0.4, -0.2) is 19.6 Å². The molecule has 1 amide bonds. The van der Waals surface area contributed by atoms with Crippen molar-refractivity contribution < 1.29 is 9.53 Å². The summed E-state index contributed by atoms with van der Waals surface area (Å²) in [7, 11) is 1.63. The van der Waals surface area contributed by atoms with Gasteiger partial charge in [-0.1, -0.05) is 26.0 Å². The van der Waals surface area contributed by atoms with E-state index in [1.54, 1.807) is 7.11 Å². The molecule has 2 atom stereocenters. The van der Waals surface area contributed by atoms with Crippen molar-refractivity contribution >= 4 is 5.91 Å². The molecule has 0 heterocycles. The van der Waals surface area contributed by atoms with Crippen molar-refractivity contribution in [3.63, 3.8) is 0 Å². The fourth-order valence-corrected chi connectivity index (χ4v) is 1.98. The molecule has 0 aliphatic heterocycles. The van der Waals surface area contributed by atoms with Gasteiger partial charge < -0.3 is 15.8 Å². The molecule has 0 saturated heterocycles. The summed E-state index contributed by atoms with van der Waals surface area (Å²) in [4.78, 5) is 12.1. The van der Waals surface area contributed by atoms with Gasteiger partial charge in [-0.3, -0.25) is 4.79 Å². The third kappa shape index (κ3) is 4.24. The van der Waals surface area contributed by atoms with Crippen LogP contribution in [0.15, 0.2) is 24.3 Å². The van der Waals surface area contributed by atoms with Crippen LogP contribution in [0.4, 0.5) is 0 Å². The Kier molecular flexibility index (Phi) is 5.83. The van der Waals surface area contributed by atoms with Crippen LogP contribution >= 0.6 is 0 Å². The maximum absolute atomic E-state index is 12.1. The molecule has 0 aromatic heterocycles. The first-order chi connectivity index (χ1) is 8.99. The lowest BCUT2D eigenvalue weighted by Crippen LogP contribution is -2.39. The summed E-state index contributed by atoms with van der Waals surface area (Å²) < 4.78 is 5.11. The lowest BCUT2D eigenvalue weighted by Gasteiger charge is -2.22. The van der Waals surface area contributed by atoms with E-state index >= 15 is 0 Å². The molecule has 1 aromatic carbocycles. The Bertz CT molecular complexity index is 401. The van der Waals surface area contributed by atoms with Gasteiger partial charge >= 0.3 is 0 Å². The van der Waals surface area contributed by atoms with Crippen LogP contribution in [0.25, 0.3) is 0 Å². The average Bonchev–Trinajstić information content (AvgIpc) is 2.39. The van der Waals surface area contributed by atoms with E-state index in [0.717, 1.165) is 11.3 Å². The van der Waals surface area contributed by atoms with Gasteiger partial charge in [-0.2, -0.15) is 0 Å². The van der Waals surface area contributed by atoms with Gasteiger partial charge in [0.2, 0.25) is 5.91 Å². The highest BCUT2D eigenvalue weighted by atomic mass is 16.5. The summed E-state index contributed by atoms with van der Waals surface area (Å²) in [6.45, 7) is 6.36. The summed E-state index contributed by atoms with van der Waals surface area (Å²) in [6.07, 6.45) is 0. The van der Waals surface area contributed by atoms with E-state index in [4.69, 9.17) is 10.5 Å². The number of carbonyl (C=O) groups is 1. The second-order valence-corrected chi connectivity index (χ2v) is 5.09. The third-order valence-corrected chi connectivity index (χ3v) is 3.37. The molecule has 2 unspecified atom stereocenters. The Hall–Kier alpha value is -1.55. The highest BCUT2D eigenvalue weighted by molar-refractivity contribution is 5.79. The van der Waals surface area contributed by atoms with E-state index in [2.05, 4.69) is 5.32 Å². The molecule has 0 spiro atoms. The van der Waals surface area contributed by atoms with Gasteiger partial charge in [-0.25, -0.2) is 0 Å². The van der Waals surface area contributed by atoms with Gasteiger partial charge in [-0.05, 0) is 30.5 Å². The molecule has 0 saturated carbocycles. The van der Waals surface area contributed by atoms with Crippen molar-refractivity contribution in [1.82, 2.24) is 5.32 Å². The molecule has 0 bridgehead atoms. The van der Waals surface area contributed by atoms with Crippen LogP contribution < -0.4 is 15.8 Å². The lowest BCUT2D eigenvalue weighted by atomic mass is 9.94. The molecular formula is C15H24N2O2. The van der Waals surface area contributed by atoms with Gasteiger partial charge in [0.25, 0.3) is 0 Å². The maximum Gasteiger partial charge on any atom is 0.225 e. The van der Waals surface area contributed by atoms with Crippen LogP contribution in [0.3, 0.4) is 0 Å². The summed E-state index contributed by atoms with van der Waals surface area (Å²) in [6, 6.07) is 7.65. The lowest BCUT2D eigenvalue weighted by molar-refractivity contribution is -0.126. The predicted molar refractivity (Wildman–Crippen MR) is 76.9 cm³/mol. The Balaban J connectivity index is 2.67. The van der Waals surface area contributed by atoms with Crippen LogP contribution in [0.5, 0.6) is 5.75 Å². The fourth-order valence-electron chi connectivity index (χ4n) is 1.98. The number of amides is 1. The van der Waals surface area contributed by atoms with Crippen LogP contribution in [0.2, 0.25) is 0 Å². The zero-order chi connectivity index (χ0) is 14.4. The second-order valence-electron chi connectivity index (χ2n) is 5.09. The number of carbonyl (C=O) groups excluding carboxylic acids is 1. The van der Waals surface area contributed by atoms with Crippen molar-refractivity contribution in [2.75, 3.05) is 13.7 Å². The number of methoxy groups -OCH3 is 1. The minimum absolute atomic E-state index is 0.0146. The number of hydrogen-bond donors (Lipinski definition) is 2. The highest BCUT2D eigenvalue weighted by Gasteiger charge is 2.22. The molecule has 19 heavy (non-hydrogen) atoms. The van der Waals surface area contributed by atoms with Crippen molar-refractivity contribution in [2.24, 2.45) is 17.6 Å².